The average molecular weight is 220 g/mol. The van der Waals surface area contributed by atoms with Gasteiger partial charge in [-0.25, -0.2) is 0 Å². The van der Waals surface area contributed by atoms with Crippen molar-refractivity contribution >= 4 is 5.69 Å². The minimum absolute atomic E-state index is 0.143. The molecule has 1 saturated heterocycles. The number of nitrogens with zero attached hydrogens (tertiary/aromatic N) is 1. The number of benzene rings is 1. The fourth-order valence-electron chi connectivity index (χ4n) is 2.28. The smallest absolute Gasteiger partial charge is 0.0552 e. The van der Waals surface area contributed by atoms with E-state index in [0.717, 1.165) is 26.2 Å². The zero-order valence-corrected chi connectivity index (χ0v) is 9.86. The lowest BCUT2D eigenvalue weighted by molar-refractivity contribution is 0.157. The predicted molar refractivity (Wildman–Crippen MR) is 66.6 cm³/mol. The zero-order valence-electron chi connectivity index (χ0n) is 9.86. The van der Waals surface area contributed by atoms with Gasteiger partial charge in [0.25, 0.3) is 0 Å². The van der Waals surface area contributed by atoms with Gasteiger partial charge in [0.05, 0.1) is 6.61 Å². The molecule has 16 heavy (non-hydrogen) atoms. The van der Waals surface area contributed by atoms with Crippen LogP contribution in [0.3, 0.4) is 0 Å². The minimum atomic E-state index is 0.143. The fraction of sp³-hybridized carbons (Fsp3) is 0.538. The molecule has 1 fully saturated rings. The van der Waals surface area contributed by atoms with Gasteiger partial charge in [0.1, 0.15) is 0 Å². The van der Waals surface area contributed by atoms with E-state index in [4.69, 9.17) is 10.5 Å². The molecule has 1 heterocycles. The van der Waals surface area contributed by atoms with Crippen LogP contribution in [0.1, 0.15) is 6.42 Å². The molecule has 88 valence electrons. The molecule has 0 radical (unpaired) electrons. The molecule has 0 aromatic heterocycles. The van der Waals surface area contributed by atoms with Gasteiger partial charge in [0.2, 0.25) is 0 Å². The van der Waals surface area contributed by atoms with Gasteiger partial charge >= 0.3 is 0 Å². The van der Waals surface area contributed by atoms with Crippen molar-refractivity contribution in [2.75, 3.05) is 38.3 Å². The largest absolute Gasteiger partial charge is 0.381 e. The molecule has 2 rings (SSSR count). The zero-order chi connectivity index (χ0) is 11.4. The lowest BCUT2D eigenvalue weighted by Crippen LogP contribution is -2.41. The molecule has 1 aromatic carbocycles. The summed E-state index contributed by atoms with van der Waals surface area (Å²) in [5.41, 5.74) is 7.27. The lowest BCUT2D eigenvalue weighted by Gasteiger charge is -2.32. The number of hydrogen-bond acceptors (Lipinski definition) is 3. The van der Waals surface area contributed by atoms with Crippen LogP contribution in [-0.2, 0) is 4.74 Å². The average Bonchev–Trinajstić information content (AvgIpc) is 2.79. The van der Waals surface area contributed by atoms with Crippen molar-refractivity contribution in [3.63, 3.8) is 0 Å². The van der Waals surface area contributed by atoms with Crippen LogP contribution < -0.4 is 10.6 Å². The van der Waals surface area contributed by atoms with Crippen molar-refractivity contribution in [2.45, 2.75) is 6.42 Å². The maximum absolute atomic E-state index is 5.89. The summed E-state index contributed by atoms with van der Waals surface area (Å²) in [4.78, 5) is 2.27. The van der Waals surface area contributed by atoms with Crippen molar-refractivity contribution < 1.29 is 4.74 Å². The van der Waals surface area contributed by atoms with E-state index >= 15 is 0 Å². The molecule has 1 atom stereocenters. The first-order chi connectivity index (χ1) is 7.76. The van der Waals surface area contributed by atoms with Gasteiger partial charge in [0, 0.05) is 37.8 Å². The third kappa shape index (κ3) is 2.36. The molecule has 3 nitrogen and oxygen atoms in total. The summed E-state index contributed by atoms with van der Waals surface area (Å²) in [7, 11) is 2.12. The molecule has 3 heteroatoms. The van der Waals surface area contributed by atoms with Crippen molar-refractivity contribution in [1.82, 2.24) is 0 Å². The topological polar surface area (TPSA) is 38.5 Å². The highest BCUT2D eigenvalue weighted by molar-refractivity contribution is 5.45. The van der Waals surface area contributed by atoms with Gasteiger partial charge < -0.3 is 15.4 Å². The Bertz CT molecular complexity index is 320. The Morgan fingerprint density at radius 3 is 2.69 bits per heavy atom. The number of ether oxygens (including phenoxy) is 1. The maximum atomic E-state index is 5.89. The van der Waals surface area contributed by atoms with Gasteiger partial charge in [-0.15, -0.1) is 0 Å². The summed E-state index contributed by atoms with van der Waals surface area (Å²) in [5, 5.41) is 0. The summed E-state index contributed by atoms with van der Waals surface area (Å²) in [6.07, 6.45) is 1.07. The highest BCUT2D eigenvalue weighted by atomic mass is 16.5. The first kappa shape index (κ1) is 11.4. The van der Waals surface area contributed by atoms with Crippen LogP contribution in [-0.4, -0.2) is 33.4 Å². The van der Waals surface area contributed by atoms with Gasteiger partial charge in [-0.2, -0.15) is 0 Å². The Kier molecular flexibility index (Phi) is 3.46. The molecule has 0 saturated carbocycles. The molecule has 1 unspecified atom stereocenters. The lowest BCUT2D eigenvalue weighted by atomic mass is 9.87. The second-order valence-corrected chi connectivity index (χ2v) is 4.70. The van der Waals surface area contributed by atoms with E-state index in [1.54, 1.807) is 0 Å². The first-order valence-electron chi connectivity index (χ1n) is 5.80. The molecule has 1 aliphatic heterocycles. The highest BCUT2D eigenvalue weighted by Gasteiger charge is 2.34. The maximum Gasteiger partial charge on any atom is 0.0552 e. The molecule has 2 N–H and O–H groups in total. The van der Waals surface area contributed by atoms with Crippen molar-refractivity contribution in [3.05, 3.63) is 30.3 Å². The van der Waals surface area contributed by atoms with E-state index in [-0.39, 0.29) is 5.41 Å². The van der Waals surface area contributed by atoms with Gasteiger partial charge in [-0.3, -0.25) is 0 Å². The van der Waals surface area contributed by atoms with E-state index in [2.05, 4.69) is 36.2 Å². The van der Waals surface area contributed by atoms with Crippen LogP contribution in [0.5, 0.6) is 0 Å². The van der Waals surface area contributed by atoms with E-state index in [1.165, 1.54) is 5.69 Å². The Morgan fingerprint density at radius 2 is 2.12 bits per heavy atom. The Labute approximate surface area is 97.2 Å². The van der Waals surface area contributed by atoms with Crippen LogP contribution in [0.15, 0.2) is 30.3 Å². The third-order valence-corrected chi connectivity index (χ3v) is 3.39. The van der Waals surface area contributed by atoms with Crippen molar-refractivity contribution in [2.24, 2.45) is 11.1 Å². The minimum Gasteiger partial charge on any atom is -0.381 e. The van der Waals surface area contributed by atoms with Crippen LogP contribution >= 0.6 is 0 Å². The molecule has 0 spiro atoms. The summed E-state index contributed by atoms with van der Waals surface area (Å²) < 4.78 is 5.48. The number of para-hydroxylation sites is 1. The normalized spacial score (nSPS) is 24.6. The molecule has 1 aliphatic rings. The second kappa shape index (κ2) is 4.85. The predicted octanol–water partition coefficient (Wildman–Crippen LogP) is 1.49. The quantitative estimate of drug-likeness (QED) is 0.835. The van der Waals surface area contributed by atoms with Gasteiger partial charge in [-0.05, 0) is 18.6 Å². The van der Waals surface area contributed by atoms with E-state index in [1.807, 2.05) is 6.07 Å². The summed E-state index contributed by atoms with van der Waals surface area (Å²) >= 11 is 0. The van der Waals surface area contributed by atoms with Crippen LogP contribution in [0.2, 0.25) is 0 Å². The van der Waals surface area contributed by atoms with Gasteiger partial charge in [-0.1, -0.05) is 18.2 Å². The molecule has 0 amide bonds. The molecule has 0 aliphatic carbocycles. The Morgan fingerprint density at radius 1 is 1.38 bits per heavy atom. The molecular weight excluding hydrogens is 200 g/mol. The number of rotatable bonds is 4. The third-order valence-electron chi connectivity index (χ3n) is 3.39. The SMILES string of the molecule is CN(CC1(CN)CCOC1)c1ccccc1. The monoisotopic (exact) mass is 220 g/mol. The molecule has 0 bridgehead atoms. The summed E-state index contributed by atoms with van der Waals surface area (Å²) in [6, 6.07) is 10.4. The summed E-state index contributed by atoms with van der Waals surface area (Å²) in [5.74, 6) is 0. The van der Waals surface area contributed by atoms with Crippen molar-refractivity contribution in [3.8, 4) is 0 Å². The summed E-state index contributed by atoms with van der Waals surface area (Å²) in [6.45, 7) is 3.30. The van der Waals surface area contributed by atoms with E-state index < -0.39 is 0 Å². The van der Waals surface area contributed by atoms with E-state index in [9.17, 15) is 0 Å². The number of anilines is 1. The Balaban J connectivity index is 2.03. The van der Waals surface area contributed by atoms with Gasteiger partial charge in [0.15, 0.2) is 0 Å². The van der Waals surface area contributed by atoms with E-state index in [0.29, 0.717) is 6.54 Å². The molecular formula is C13H20N2O. The van der Waals surface area contributed by atoms with Crippen LogP contribution in [0, 0.1) is 5.41 Å². The Hall–Kier alpha value is -1.06. The van der Waals surface area contributed by atoms with Crippen LogP contribution in [0.4, 0.5) is 5.69 Å². The number of nitrogens with two attached hydrogens (primary N) is 1. The standard InChI is InChI=1S/C13H20N2O/c1-15(12-5-3-2-4-6-12)10-13(9-14)7-8-16-11-13/h2-6H,7-11,14H2,1H3. The number of hydrogen-bond donors (Lipinski definition) is 1. The highest BCUT2D eigenvalue weighted by Crippen LogP contribution is 2.29. The molecule has 1 aromatic rings. The van der Waals surface area contributed by atoms with Crippen LogP contribution in [0.25, 0.3) is 0 Å². The first-order valence-corrected chi connectivity index (χ1v) is 5.80. The van der Waals surface area contributed by atoms with Crippen molar-refractivity contribution in [1.29, 1.82) is 0 Å². The second-order valence-electron chi connectivity index (χ2n) is 4.70. The fourth-order valence-corrected chi connectivity index (χ4v) is 2.28.